The molecule has 2 heterocycles. The van der Waals surface area contributed by atoms with Gasteiger partial charge in [-0.25, -0.2) is 0 Å². The topological polar surface area (TPSA) is 41.4 Å². The summed E-state index contributed by atoms with van der Waals surface area (Å²) in [4.78, 5) is 16.9. The van der Waals surface area contributed by atoms with Gasteiger partial charge >= 0.3 is 0 Å². The molecule has 0 aliphatic carbocycles. The lowest BCUT2D eigenvalue weighted by Crippen LogP contribution is -2.48. The molecular weight excluding hydrogens is 324 g/mol. The Kier molecular flexibility index (Phi) is 4.61. The minimum Gasteiger partial charge on any atom is -0.368 e. The van der Waals surface area contributed by atoms with E-state index in [1.54, 1.807) is 0 Å². The molecule has 0 atom stereocenters. The highest BCUT2D eigenvalue weighted by Crippen LogP contribution is 2.17. The van der Waals surface area contributed by atoms with E-state index >= 15 is 0 Å². The number of para-hydroxylation sites is 1. The van der Waals surface area contributed by atoms with Crippen LogP contribution in [0.3, 0.4) is 0 Å². The van der Waals surface area contributed by atoms with Gasteiger partial charge in [-0.05, 0) is 30.7 Å². The summed E-state index contributed by atoms with van der Waals surface area (Å²) in [7, 11) is 0. The summed E-state index contributed by atoms with van der Waals surface area (Å²) in [6.45, 7) is 6.05. The highest BCUT2D eigenvalue weighted by atomic mass is 16.2. The molecule has 1 aliphatic heterocycles. The number of rotatable bonds is 4. The number of hydrogen-bond donors (Lipinski definition) is 0. The van der Waals surface area contributed by atoms with Crippen LogP contribution in [-0.2, 0) is 11.3 Å². The summed E-state index contributed by atoms with van der Waals surface area (Å²) in [5, 5.41) is 5.57. The number of anilines is 1. The maximum Gasteiger partial charge on any atom is 0.224 e. The van der Waals surface area contributed by atoms with Crippen LogP contribution in [0.4, 0.5) is 5.69 Å². The summed E-state index contributed by atoms with van der Waals surface area (Å²) in [6, 6.07) is 16.7. The van der Waals surface area contributed by atoms with Crippen molar-refractivity contribution >= 4 is 22.5 Å². The van der Waals surface area contributed by atoms with E-state index in [4.69, 9.17) is 0 Å². The van der Waals surface area contributed by atoms with E-state index in [-0.39, 0.29) is 5.91 Å². The fourth-order valence-electron chi connectivity index (χ4n) is 3.57. The molecular formula is C21H24N4O. The molecule has 0 saturated carbocycles. The molecule has 1 fully saturated rings. The molecule has 5 nitrogen and oxygen atoms in total. The molecule has 0 radical (unpaired) electrons. The number of hydrogen-bond acceptors (Lipinski definition) is 3. The van der Waals surface area contributed by atoms with Gasteiger partial charge in [0.2, 0.25) is 5.91 Å². The van der Waals surface area contributed by atoms with Crippen LogP contribution >= 0.6 is 0 Å². The zero-order chi connectivity index (χ0) is 17.9. The van der Waals surface area contributed by atoms with Crippen LogP contribution in [0.2, 0.25) is 0 Å². The van der Waals surface area contributed by atoms with Crippen LogP contribution < -0.4 is 4.90 Å². The third-order valence-electron chi connectivity index (χ3n) is 5.09. The van der Waals surface area contributed by atoms with Crippen molar-refractivity contribution in [3.8, 4) is 0 Å². The van der Waals surface area contributed by atoms with E-state index in [1.165, 1.54) is 11.3 Å². The first kappa shape index (κ1) is 16.6. The second kappa shape index (κ2) is 7.20. The normalized spacial score (nSPS) is 14.8. The Morgan fingerprint density at radius 1 is 1.04 bits per heavy atom. The highest BCUT2D eigenvalue weighted by Gasteiger charge is 2.21. The van der Waals surface area contributed by atoms with E-state index in [0.29, 0.717) is 13.0 Å². The van der Waals surface area contributed by atoms with E-state index in [2.05, 4.69) is 59.4 Å². The van der Waals surface area contributed by atoms with Crippen LogP contribution in [0.15, 0.2) is 54.7 Å². The van der Waals surface area contributed by atoms with Gasteiger partial charge in [0.1, 0.15) is 0 Å². The number of fused-ring (bicyclic) bond motifs is 1. The van der Waals surface area contributed by atoms with Crippen molar-refractivity contribution in [3.05, 3.63) is 60.3 Å². The van der Waals surface area contributed by atoms with Crippen molar-refractivity contribution in [1.29, 1.82) is 0 Å². The van der Waals surface area contributed by atoms with Crippen molar-refractivity contribution in [2.24, 2.45) is 0 Å². The van der Waals surface area contributed by atoms with E-state index in [1.807, 2.05) is 21.8 Å². The Labute approximate surface area is 153 Å². The smallest absolute Gasteiger partial charge is 0.224 e. The van der Waals surface area contributed by atoms with Crippen LogP contribution in [0, 0.1) is 6.92 Å². The highest BCUT2D eigenvalue weighted by molar-refractivity contribution is 5.80. The van der Waals surface area contributed by atoms with Gasteiger partial charge in [-0.3, -0.25) is 9.48 Å². The monoisotopic (exact) mass is 348 g/mol. The molecule has 1 amide bonds. The van der Waals surface area contributed by atoms with Crippen molar-refractivity contribution < 1.29 is 4.79 Å². The molecule has 0 unspecified atom stereocenters. The van der Waals surface area contributed by atoms with E-state index in [0.717, 1.165) is 37.1 Å². The Bertz CT molecular complexity index is 895. The van der Waals surface area contributed by atoms with Gasteiger partial charge in [-0.15, -0.1) is 0 Å². The van der Waals surface area contributed by atoms with E-state index in [9.17, 15) is 4.79 Å². The zero-order valence-electron chi connectivity index (χ0n) is 15.1. The van der Waals surface area contributed by atoms with Crippen molar-refractivity contribution in [2.75, 3.05) is 31.1 Å². The molecule has 0 N–H and O–H groups in total. The Hall–Kier alpha value is -2.82. The van der Waals surface area contributed by atoms with Gasteiger partial charge in [-0.2, -0.15) is 5.10 Å². The minimum absolute atomic E-state index is 0.217. The molecule has 0 spiro atoms. The largest absolute Gasteiger partial charge is 0.368 e. The number of benzene rings is 2. The molecule has 1 saturated heterocycles. The van der Waals surface area contributed by atoms with Crippen molar-refractivity contribution in [1.82, 2.24) is 14.7 Å². The quantitative estimate of drug-likeness (QED) is 0.728. The van der Waals surface area contributed by atoms with Gasteiger partial charge in [-0.1, -0.05) is 30.3 Å². The number of aryl methyl sites for hydroxylation is 2. The maximum absolute atomic E-state index is 12.6. The fraction of sp³-hybridized carbons (Fsp3) is 0.333. The average Bonchev–Trinajstić information content (AvgIpc) is 3.09. The summed E-state index contributed by atoms with van der Waals surface area (Å²) < 4.78 is 1.94. The molecule has 4 rings (SSSR count). The zero-order valence-corrected chi connectivity index (χ0v) is 15.1. The third kappa shape index (κ3) is 3.43. The van der Waals surface area contributed by atoms with Crippen molar-refractivity contribution in [3.63, 3.8) is 0 Å². The second-order valence-corrected chi connectivity index (χ2v) is 6.88. The number of carbonyl (C=O) groups excluding carboxylic acids is 1. The van der Waals surface area contributed by atoms with Gasteiger partial charge in [0.25, 0.3) is 0 Å². The molecule has 1 aromatic heterocycles. The summed E-state index contributed by atoms with van der Waals surface area (Å²) >= 11 is 0. The molecule has 2 aromatic carbocycles. The number of nitrogens with zero attached hydrogens (tertiary/aromatic N) is 4. The Morgan fingerprint density at radius 2 is 1.81 bits per heavy atom. The summed E-state index contributed by atoms with van der Waals surface area (Å²) in [5.41, 5.74) is 3.55. The standard InChI is InChI=1S/C21H24N4O/c1-17-7-8-18-16-22-25(20(18)15-17)10-9-21(26)24-13-11-23(12-14-24)19-5-3-2-4-6-19/h2-8,15-16H,9-14H2,1H3. The Balaban J connectivity index is 1.33. The molecule has 5 heteroatoms. The van der Waals surface area contributed by atoms with Gasteiger partial charge in [0, 0.05) is 43.7 Å². The molecule has 0 bridgehead atoms. The average molecular weight is 348 g/mol. The second-order valence-electron chi connectivity index (χ2n) is 6.88. The number of amides is 1. The van der Waals surface area contributed by atoms with Gasteiger partial charge in [0.05, 0.1) is 18.3 Å². The summed E-state index contributed by atoms with van der Waals surface area (Å²) in [5.74, 6) is 0.217. The van der Waals surface area contributed by atoms with Crippen molar-refractivity contribution in [2.45, 2.75) is 19.9 Å². The first-order chi connectivity index (χ1) is 12.7. The predicted octanol–water partition coefficient (Wildman–Crippen LogP) is 3.08. The number of carbonyl (C=O) groups is 1. The van der Waals surface area contributed by atoms with Crippen LogP contribution in [-0.4, -0.2) is 46.8 Å². The molecule has 3 aromatic rings. The van der Waals surface area contributed by atoms with Crippen LogP contribution in [0.25, 0.3) is 10.9 Å². The lowest BCUT2D eigenvalue weighted by molar-refractivity contribution is -0.131. The van der Waals surface area contributed by atoms with Gasteiger partial charge < -0.3 is 9.80 Å². The predicted molar refractivity (Wildman–Crippen MR) is 104 cm³/mol. The SMILES string of the molecule is Cc1ccc2cnn(CCC(=O)N3CCN(c4ccccc4)CC3)c2c1. The number of aromatic nitrogens is 2. The molecule has 1 aliphatic rings. The Morgan fingerprint density at radius 3 is 2.58 bits per heavy atom. The minimum atomic E-state index is 0.217. The summed E-state index contributed by atoms with van der Waals surface area (Å²) in [6.07, 6.45) is 2.37. The molecule has 26 heavy (non-hydrogen) atoms. The first-order valence-electron chi connectivity index (χ1n) is 9.21. The first-order valence-corrected chi connectivity index (χ1v) is 9.21. The van der Waals surface area contributed by atoms with Gasteiger partial charge in [0.15, 0.2) is 0 Å². The molecule has 134 valence electrons. The van der Waals surface area contributed by atoms with Crippen LogP contribution in [0.1, 0.15) is 12.0 Å². The van der Waals surface area contributed by atoms with Crippen LogP contribution in [0.5, 0.6) is 0 Å². The lowest BCUT2D eigenvalue weighted by atomic mass is 10.2. The third-order valence-corrected chi connectivity index (χ3v) is 5.09. The lowest BCUT2D eigenvalue weighted by Gasteiger charge is -2.36. The fourth-order valence-corrected chi connectivity index (χ4v) is 3.57. The maximum atomic E-state index is 12.6. The number of piperazine rings is 1. The van der Waals surface area contributed by atoms with E-state index < -0.39 is 0 Å².